The Kier molecular flexibility index (Phi) is 3.54. The first-order valence-corrected chi connectivity index (χ1v) is 5.89. The number of rotatable bonds is 4. The predicted molar refractivity (Wildman–Crippen MR) is 64.2 cm³/mol. The Morgan fingerprint density at radius 2 is 2.00 bits per heavy atom. The van der Waals surface area contributed by atoms with Gasteiger partial charge in [0.1, 0.15) is 5.82 Å². The van der Waals surface area contributed by atoms with E-state index in [4.69, 9.17) is 0 Å². The normalized spacial score (nSPS) is 12.4. The topological polar surface area (TPSA) is 32.3 Å². The van der Waals surface area contributed by atoms with Crippen molar-refractivity contribution in [2.75, 3.05) is 11.9 Å². The zero-order chi connectivity index (χ0) is 11.4. The summed E-state index contributed by atoms with van der Waals surface area (Å²) in [5.74, 6) is -0.262. The first-order valence-electron chi connectivity index (χ1n) is 4.94. The molecule has 0 saturated heterocycles. The molecule has 2 N–H and O–H groups in total. The van der Waals surface area contributed by atoms with Crippen molar-refractivity contribution in [3.8, 4) is 0 Å². The first-order chi connectivity index (χ1) is 7.79. The highest BCUT2D eigenvalue weighted by molar-refractivity contribution is 7.07. The third-order valence-corrected chi connectivity index (χ3v) is 3.01. The van der Waals surface area contributed by atoms with E-state index in [9.17, 15) is 9.50 Å². The van der Waals surface area contributed by atoms with Crippen LogP contribution in [0.5, 0.6) is 0 Å². The number of aliphatic hydroxyl groups is 1. The Balaban J connectivity index is 2.10. The Hall–Kier alpha value is -1.39. The maximum Gasteiger partial charge on any atom is 0.123 e. The predicted octanol–water partition coefficient (Wildman–Crippen LogP) is 3.03. The van der Waals surface area contributed by atoms with Crippen LogP contribution >= 0.6 is 11.3 Å². The van der Waals surface area contributed by atoms with E-state index in [0.717, 1.165) is 11.3 Å². The summed E-state index contributed by atoms with van der Waals surface area (Å²) in [5.41, 5.74) is 1.84. The molecular formula is C12H12FNOS. The number of anilines is 1. The highest BCUT2D eigenvalue weighted by Gasteiger charge is 2.10. The second-order valence-electron chi connectivity index (χ2n) is 3.44. The van der Waals surface area contributed by atoms with Gasteiger partial charge in [-0.1, -0.05) is 0 Å². The zero-order valence-corrected chi connectivity index (χ0v) is 9.38. The van der Waals surface area contributed by atoms with Crippen molar-refractivity contribution in [2.45, 2.75) is 6.04 Å². The SMILES string of the molecule is OCC(Nc1ccc(F)cc1)c1ccsc1. The third-order valence-electron chi connectivity index (χ3n) is 2.31. The van der Waals surface area contributed by atoms with Gasteiger partial charge in [0.05, 0.1) is 12.6 Å². The van der Waals surface area contributed by atoms with E-state index in [2.05, 4.69) is 5.32 Å². The number of hydrogen-bond acceptors (Lipinski definition) is 3. The van der Waals surface area contributed by atoms with Crippen molar-refractivity contribution in [2.24, 2.45) is 0 Å². The van der Waals surface area contributed by atoms with E-state index in [0.29, 0.717) is 0 Å². The minimum Gasteiger partial charge on any atom is -0.394 e. The highest BCUT2D eigenvalue weighted by Crippen LogP contribution is 2.21. The Morgan fingerprint density at radius 1 is 1.25 bits per heavy atom. The maximum atomic E-state index is 12.7. The minimum absolute atomic E-state index is 0.00805. The van der Waals surface area contributed by atoms with Crippen LogP contribution in [0.1, 0.15) is 11.6 Å². The largest absolute Gasteiger partial charge is 0.394 e. The van der Waals surface area contributed by atoms with Crippen LogP contribution in [0, 0.1) is 5.82 Å². The Morgan fingerprint density at radius 3 is 2.56 bits per heavy atom. The van der Waals surface area contributed by atoms with Gasteiger partial charge in [0.15, 0.2) is 0 Å². The van der Waals surface area contributed by atoms with Gasteiger partial charge in [-0.2, -0.15) is 11.3 Å². The van der Waals surface area contributed by atoms with Crippen LogP contribution in [-0.4, -0.2) is 11.7 Å². The van der Waals surface area contributed by atoms with Gasteiger partial charge in [0, 0.05) is 5.69 Å². The van der Waals surface area contributed by atoms with Gasteiger partial charge >= 0.3 is 0 Å². The maximum absolute atomic E-state index is 12.7. The number of thiophene rings is 1. The standard InChI is InChI=1S/C12H12FNOS/c13-10-1-3-11(4-2-10)14-12(7-15)9-5-6-16-8-9/h1-6,8,12,14-15H,7H2. The van der Waals surface area contributed by atoms with Gasteiger partial charge < -0.3 is 10.4 Å². The van der Waals surface area contributed by atoms with Gasteiger partial charge in [0.2, 0.25) is 0 Å². The molecule has 0 fully saturated rings. The summed E-state index contributed by atoms with van der Waals surface area (Å²) in [4.78, 5) is 0. The Bertz CT molecular complexity index is 427. The molecule has 0 bridgehead atoms. The molecule has 0 spiro atoms. The van der Waals surface area contributed by atoms with Crippen molar-refractivity contribution in [3.63, 3.8) is 0 Å². The third kappa shape index (κ3) is 2.59. The van der Waals surface area contributed by atoms with E-state index in [1.165, 1.54) is 12.1 Å². The quantitative estimate of drug-likeness (QED) is 0.856. The van der Waals surface area contributed by atoms with Crippen molar-refractivity contribution in [3.05, 3.63) is 52.5 Å². The minimum atomic E-state index is -0.262. The van der Waals surface area contributed by atoms with Gasteiger partial charge in [0.25, 0.3) is 0 Å². The van der Waals surface area contributed by atoms with Gasteiger partial charge in [-0.15, -0.1) is 0 Å². The number of aliphatic hydroxyl groups excluding tert-OH is 1. The molecule has 0 aliphatic heterocycles. The molecule has 0 aliphatic carbocycles. The molecule has 1 heterocycles. The molecule has 4 heteroatoms. The summed E-state index contributed by atoms with van der Waals surface area (Å²) < 4.78 is 12.7. The molecule has 1 atom stereocenters. The van der Waals surface area contributed by atoms with Gasteiger partial charge in [-0.3, -0.25) is 0 Å². The van der Waals surface area contributed by atoms with Crippen LogP contribution in [0.3, 0.4) is 0 Å². The lowest BCUT2D eigenvalue weighted by Crippen LogP contribution is -2.13. The van der Waals surface area contributed by atoms with Crippen LogP contribution in [-0.2, 0) is 0 Å². The van der Waals surface area contributed by atoms with E-state index in [-0.39, 0.29) is 18.5 Å². The van der Waals surface area contributed by atoms with E-state index >= 15 is 0 Å². The fraction of sp³-hybridized carbons (Fsp3) is 0.167. The second kappa shape index (κ2) is 5.09. The molecule has 0 saturated carbocycles. The molecule has 2 aromatic rings. The monoisotopic (exact) mass is 237 g/mol. The van der Waals surface area contributed by atoms with E-state index < -0.39 is 0 Å². The lowest BCUT2D eigenvalue weighted by molar-refractivity contribution is 0.276. The molecule has 0 amide bonds. The van der Waals surface area contributed by atoms with Gasteiger partial charge in [-0.05, 0) is 46.7 Å². The lowest BCUT2D eigenvalue weighted by atomic mass is 10.1. The summed E-state index contributed by atoms with van der Waals surface area (Å²) in [6, 6.07) is 7.92. The average Bonchev–Trinajstić information content (AvgIpc) is 2.82. The van der Waals surface area contributed by atoms with E-state index in [1.807, 2.05) is 16.8 Å². The van der Waals surface area contributed by atoms with Crippen LogP contribution in [0.25, 0.3) is 0 Å². The van der Waals surface area contributed by atoms with Crippen LogP contribution in [0.2, 0.25) is 0 Å². The van der Waals surface area contributed by atoms with Gasteiger partial charge in [-0.25, -0.2) is 4.39 Å². The van der Waals surface area contributed by atoms with Crippen LogP contribution in [0.15, 0.2) is 41.1 Å². The molecule has 0 radical (unpaired) electrons. The Labute approximate surface area is 97.4 Å². The van der Waals surface area contributed by atoms with E-state index in [1.54, 1.807) is 23.5 Å². The molecule has 0 aliphatic rings. The number of halogens is 1. The molecule has 2 rings (SSSR count). The fourth-order valence-electron chi connectivity index (χ4n) is 1.45. The van der Waals surface area contributed by atoms with Crippen molar-refractivity contribution < 1.29 is 9.50 Å². The lowest BCUT2D eigenvalue weighted by Gasteiger charge is -2.16. The summed E-state index contributed by atoms with van der Waals surface area (Å²) in [6.07, 6.45) is 0. The number of hydrogen-bond donors (Lipinski definition) is 2. The summed E-state index contributed by atoms with van der Waals surface area (Å²) in [7, 11) is 0. The van der Waals surface area contributed by atoms with Crippen molar-refractivity contribution in [1.82, 2.24) is 0 Å². The van der Waals surface area contributed by atoms with Crippen LogP contribution < -0.4 is 5.32 Å². The zero-order valence-electron chi connectivity index (χ0n) is 8.56. The number of benzene rings is 1. The van der Waals surface area contributed by atoms with Crippen molar-refractivity contribution in [1.29, 1.82) is 0 Å². The smallest absolute Gasteiger partial charge is 0.123 e. The van der Waals surface area contributed by atoms with Crippen molar-refractivity contribution >= 4 is 17.0 Å². The summed E-state index contributed by atoms with van der Waals surface area (Å²) in [6.45, 7) is 0.00805. The average molecular weight is 237 g/mol. The van der Waals surface area contributed by atoms with Crippen LogP contribution in [0.4, 0.5) is 10.1 Å². The summed E-state index contributed by atoms with van der Waals surface area (Å²) >= 11 is 1.59. The fourth-order valence-corrected chi connectivity index (χ4v) is 2.17. The molecule has 84 valence electrons. The second-order valence-corrected chi connectivity index (χ2v) is 4.22. The molecular weight excluding hydrogens is 225 g/mol. The number of nitrogens with one attached hydrogen (secondary N) is 1. The molecule has 1 aromatic carbocycles. The first kappa shape index (κ1) is 11.1. The highest BCUT2D eigenvalue weighted by atomic mass is 32.1. The molecule has 1 unspecified atom stereocenters. The molecule has 1 aromatic heterocycles. The molecule has 2 nitrogen and oxygen atoms in total. The summed E-state index contributed by atoms with van der Waals surface area (Å²) in [5, 5.41) is 16.4. The molecule has 16 heavy (non-hydrogen) atoms.